The first-order chi connectivity index (χ1) is 9.97. The molecule has 0 aromatic heterocycles. The first kappa shape index (κ1) is 19.2. The van der Waals surface area contributed by atoms with E-state index in [-0.39, 0.29) is 18.4 Å². The molecule has 2 amide bonds. The number of esters is 1. The van der Waals surface area contributed by atoms with Gasteiger partial charge in [0.05, 0.1) is 7.11 Å². The van der Waals surface area contributed by atoms with E-state index >= 15 is 0 Å². The Morgan fingerprint density at radius 3 is 2.33 bits per heavy atom. The van der Waals surface area contributed by atoms with Crippen molar-refractivity contribution < 1.29 is 24.2 Å². The van der Waals surface area contributed by atoms with Gasteiger partial charge in [-0.2, -0.15) is 0 Å². The molecule has 0 heterocycles. The molecular formula is C14H26N2O5. The monoisotopic (exact) mass is 302 g/mol. The molecule has 7 heteroatoms. The van der Waals surface area contributed by atoms with Gasteiger partial charge < -0.3 is 20.1 Å². The molecule has 0 saturated heterocycles. The van der Waals surface area contributed by atoms with E-state index < -0.39 is 5.97 Å². The molecule has 0 rings (SSSR count). The SMILES string of the molecule is COC(=O)CCCN(C)C(=O)NCCCCCCC(=O)O. The number of rotatable bonds is 11. The normalized spacial score (nSPS) is 10.0. The summed E-state index contributed by atoms with van der Waals surface area (Å²) in [6.45, 7) is 1.08. The van der Waals surface area contributed by atoms with Gasteiger partial charge in [0.15, 0.2) is 0 Å². The highest BCUT2D eigenvalue weighted by Crippen LogP contribution is 2.02. The smallest absolute Gasteiger partial charge is 0.317 e. The first-order valence-electron chi connectivity index (χ1n) is 7.25. The van der Waals surface area contributed by atoms with Gasteiger partial charge in [0.2, 0.25) is 0 Å². The molecule has 0 aromatic carbocycles. The Bertz CT molecular complexity index is 333. The molecule has 21 heavy (non-hydrogen) atoms. The number of hydrogen-bond donors (Lipinski definition) is 2. The van der Waals surface area contributed by atoms with Crippen LogP contribution in [-0.4, -0.2) is 55.2 Å². The maximum atomic E-state index is 11.7. The van der Waals surface area contributed by atoms with Gasteiger partial charge in [-0.25, -0.2) is 4.79 Å². The molecule has 0 fully saturated rings. The summed E-state index contributed by atoms with van der Waals surface area (Å²) in [5, 5.41) is 11.3. The van der Waals surface area contributed by atoms with Crippen molar-refractivity contribution >= 4 is 18.0 Å². The summed E-state index contributed by atoms with van der Waals surface area (Å²) in [5.41, 5.74) is 0. The second kappa shape index (κ2) is 12.0. The lowest BCUT2D eigenvalue weighted by Gasteiger charge is -2.17. The second-order valence-electron chi connectivity index (χ2n) is 4.89. The number of aliphatic carboxylic acids is 1. The van der Waals surface area contributed by atoms with Crippen LogP contribution in [0.5, 0.6) is 0 Å². The van der Waals surface area contributed by atoms with Crippen LogP contribution in [0.1, 0.15) is 44.9 Å². The van der Waals surface area contributed by atoms with E-state index in [9.17, 15) is 14.4 Å². The molecule has 2 N–H and O–H groups in total. The van der Waals surface area contributed by atoms with Crippen LogP contribution in [0.15, 0.2) is 0 Å². The highest BCUT2D eigenvalue weighted by molar-refractivity contribution is 5.74. The number of carboxylic acid groups (broad SMARTS) is 1. The van der Waals surface area contributed by atoms with Crippen LogP contribution < -0.4 is 5.32 Å². The largest absolute Gasteiger partial charge is 0.481 e. The van der Waals surface area contributed by atoms with Crippen LogP contribution in [0, 0.1) is 0 Å². The van der Waals surface area contributed by atoms with Crippen molar-refractivity contribution in [1.29, 1.82) is 0 Å². The van der Waals surface area contributed by atoms with Gasteiger partial charge in [0.25, 0.3) is 0 Å². The minimum absolute atomic E-state index is 0.162. The van der Waals surface area contributed by atoms with Gasteiger partial charge >= 0.3 is 18.0 Å². The van der Waals surface area contributed by atoms with Crippen molar-refractivity contribution in [2.45, 2.75) is 44.9 Å². The zero-order valence-corrected chi connectivity index (χ0v) is 12.9. The van der Waals surface area contributed by atoms with Crippen molar-refractivity contribution in [3.8, 4) is 0 Å². The molecule has 7 nitrogen and oxygen atoms in total. The Hall–Kier alpha value is -1.79. The molecule has 0 spiro atoms. The van der Waals surface area contributed by atoms with Crippen LogP contribution in [0.25, 0.3) is 0 Å². The minimum atomic E-state index is -0.767. The third-order valence-electron chi connectivity index (χ3n) is 3.04. The van der Waals surface area contributed by atoms with Crippen molar-refractivity contribution in [2.24, 2.45) is 0 Å². The van der Waals surface area contributed by atoms with E-state index in [1.54, 1.807) is 7.05 Å². The Morgan fingerprint density at radius 1 is 1.05 bits per heavy atom. The Balaban J connectivity index is 3.51. The lowest BCUT2D eigenvalue weighted by atomic mass is 10.1. The van der Waals surface area contributed by atoms with Gasteiger partial charge in [0, 0.05) is 33.0 Å². The van der Waals surface area contributed by atoms with E-state index in [0.29, 0.717) is 32.4 Å². The molecule has 0 bridgehead atoms. The fourth-order valence-corrected chi connectivity index (χ4v) is 1.75. The highest BCUT2D eigenvalue weighted by Gasteiger charge is 2.08. The highest BCUT2D eigenvalue weighted by atomic mass is 16.5. The predicted molar refractivity (Wildman–Crippen MR) is 78.0 cm³/mol. The molecule has 0 aliphatic heterocycles. The molecule has 0 aliphatic rings. The number of nitrogens with zero attached hydrogens (tertiary/aromatic N) is 1. The van der Waals surface area contributed by atoms with Gasteiger partial charge in [-0.15, -0.1) is 0 Å². The fraction of sp³-hybridized carbons (Fsp3) is 0.786. The summed E-state index contributed by atoms with van der Waals surface area (Å²) >= 11 is 0. The van der Waals surface area contributed by atoms with Crippen molar-refractivity contribution in [1.82, 2.24) is 10.2 Å². The summed E-state index contributed by atoms with van der Waals surface area (Å²) in [5.74, 6) is -1.04. The average molecular weight is 302 g/mol. The molecule has 0 aliphatic carbocycles. The first-order valence-corrected chi connectivity index (χ1v) is 7.25. The maximum absolute atomic E-state index is 11.7. The number of amides is 2. The number of hydrogen-bond acceptors (Lipinski definition) is 4. The summed E-state index contributed by atoms with van der Waals surface area (Å²) in [7, 11) is 3.02. The number of unbranched alkanes of at least 4 members (excludes halogenated alkanes) is 3. The van der Waals surface area contributed by atoms with Gasteiger partial charge in [-0.3, -0.25) is 9.59 Å². The minimum Gasteiger partial charge on any atom is -0.481 e. The predicted octanol–water partition coefficient (Wildman–Crippen LogP) is 1.62. The molecular weight excluding hydrogens is 276 g/mol. The number of methoxy groups -OCH3 is 1. The standard InChI is InChI=1S/C14H26N2O5/c1-16(11-7-9-13(19)21-2)14(20)15-10-6-4-3-5-8-12(17)18/h3-11H2,1-2H3,(H,15,20)(H,17,18). The van der Waals surface area contributed by atoms with Gasteiger partial charge in [-0.1, -0.05) is 12.8 Å². The molecule has 0 atom stereocenters. The number of carbonyl (C=O) groups is 3. The molecule has 122 valence electrons. The van der Waals surface area contributed by atoms with Crippen LogP contribution in [0.4, 0.5) is 4.79 Å². The van der Waals surface area contributed by atoms with Crippen molar-refractivity contribution in [3.05, 3.63) is 0 Å². The molecule has 0 saturated carbocycles. The van der Waals surface area contributed by atoms with Gasteiger partial charge in [-0.05, 0) is 19.3 Å². The van der Waals surface area contributed by atoms with Crippen molar-refractivity contribution in [3.63, 3.8) is 0 Å². The third-order valence-corrected chi connectivity index (χ3v) is 3.04. The summed E-state index contributed by atoms with van der Waals surface area (Å²) in [6.07, 6.45) is 4.35. The summed E-state index contributed by atoms with van der Waals surface area (Å²) in [4.78, 5) is 34.5. The Kier molecular flexibility index (Phi) is 11.0. The average Bonchev–Trinajstić information content (AvgIpc) is 2.45. The van der Waals surface area contributed by atoms with Crippen molar-refractivity contribution in [2.75, 3.05) is 27.2 Å². The number of urea groups is 1. The van der Waals surface area contributed by atoms with E-state index in [1.807, 2.05) is 0 Å². The topological polar surface area (TPSA) is 95.9 Å². The molecule has 0 aromatic rings. The molecule has 0 radical (unpaired) electrons. The Morgan fingerprint density at radius 2 is 1.71 bits per heavy atom. The lowest BCUT2D eigenvalue weighted by molar-refractivity contribution is -0.141. The third kappa shape index (κ3) is 11.7. The Labute approximate surface area is 125 Å². The van der Waals surface area contributed by atoms with Crippen LogP contribution >= 0.6 is 0 Å². The summed E-state index contributed by atoms with van der Waals surface area (Å²) in [6, 6.07) is -0.162. The van der Waals surface area contributed by atoms with Crippen LogP contribution in [0.3, 0.4) is 0 Å². The van der Waals surface area contributed by atoms with Gasteiger partial charge in [0.1, 0.15) is 0 Å². The zero-order chi connectivity index (χ0) is 16.1. The number of ether oxygens (including phenoxy) is 1. The van der Waals surface area contributed by atoms with E-state index in [2.05, 4.69) is 10.1 Å². The number of carboxylic acids is 1. The van der Waals surface area contributed by atoms with E-state index in [4.69, 9.17) is 5.11 Å². The number of nitrogens with one attached hydrogen (secondary N) is 1. The van der Waals surface area contributed by atoms with Crippen LogP contribution in [-0.2, 0) is 14.3 Å². The van der Waals surface area contributed by atoms with E-state index in [1.165, 1.54) is 12.0 Å². The summed E-state index contributed by atoms with van der Waals surface area (Å²) < 4.78 is 4.52. The second-order valence-corrected chi connectivity index (χ2v) is 4.89. The molecule has 0 unspecified atom stereocenters. The quantitative estimate of drug-likeness (QED) is 0.446. The van der Waals surface area contributed by atoms with E-state index in [0.717, 1.165) is 19.3 Å². The zero-order valence-electron chi connectivity index (χ0n) is 12.9. The number of carbonyl (C=O) groups excluding carboxylic acids is 2. The maximum Gasteiger partial charge on any atom is 0.317 e. The lowest BCUT2D eigenvalue weighted by Crippen LogP contribution is -2.38. The fourth-order valence-electron chi connectivity index (χ4n) is 1.75. The van der Waals surface area contributed by atoms with Crippen LogP contribution in [0.2, 0.25) is 0 Å².